The number of nitrogens with one attached hydrogen (secondary N) is 1. The van der Waals surface area contributed by atoms with Crippen LogP contribution in [0.4, 0.5) is 5.69 Å². The van der Waals surface area contributed by atoms with E-state index in [9.17, 15) is 14.4 Å². The SMILES string of the molecule is CC(C)CCn1c(SC(C)C(=O)Nc2ccc(C(N)=O)cc2)nc2sc3c(c2c1=O)CCCC3. The molecule has 0 fully saturated rings. The number of carbonyl (C=O) groups excluding carboxylic acids is 2. The molecule has 2 heterocycles. The van der Waals surface area contributed by atoms with Crippen molar-refractivity contribution in [2.75, 3.05) is 5.32 Å². The maximum absolute atomic E-state index is 13.6. The highest BCUT2D eigenvalue weighted by Gasteiger charge is 2.24. The Kier molecular flexibility index (Phi) is 7.42. The smallest absolute Gasteiger partial charge is 0.263 e. The van der Waals surface area contributed by atoms with E-state index < -0.39 is 11.2 Å². The molecule has 1 unspecified atom stereocenters. The number of carbonyl (C=O) groups is 2. The summed E-state index contributed by atoms with van der Waals surface area (Å²) in [4.78, 5) is 44.7. The molecule has 0 bridgehead atoms. The van der Waals surface area contributed by atoms with Crippen LogP contribution in [-0.2, 0) is 24.2 Å². The van der Waals surface area contributed by atoms with Gasteiger partial charge in [-0.05, 0) is 74.8 Å². The van der Waals surface area contributed by atoms with Gasteiger partial charge in [0.2, 0.25) is 11.8 Å². The van der Waals surface area contributed by atoms with E-state index in [4.69, 9.17) is 10.7 Å². The number of hydrogen-bond donors (Lipinski definition) is 2. The number of rotatable bonds is 8. The van der Waals surface area contributed by atoms with E-state index in [1.54, 1.807) is 47.1 Å². The predicted molar refractivity (Wildman–Crippen MR) is 139 cm³/mol. The molecule has 0 spiro atoms. The van der Waals surface area contributed by atoms with Crippen molar-refractivity contribution in [1.29, 1.82) is 0 Å². The summed E-state index contributed by atoms with van der Waals surface area (Å²) in [5, 5.41) is 3.76. The van der Waals surface area contributed by atoms with Gasteiger partial charge in [0.15, 0.2) is 5.16 Å². The fourth-order valence-electron chi connectivity index (χ4n) is 4.07. The van der Waals surface area contributed by atoms with Crippen LogP contribution < -0.4 is 16.6 Å². The molecule has 180 valence electrons. The molecule has 1 aliphatic rings. The zero-order valence-electron chi connectivity index (χ0n) is 19.7. The van der Waals surface area contributed by atoms with Gasteiger partial charge in [0.25, 0.3) is 5.56 Å². The highest BCUT2D eigenvalue weighted by atomic mass is 32.2. The summed E-state index contributed by atoms with van der Waals surface area (Å²) >= 11 is 2.93. The molecular weight excluding hydrogens is 468 g/mol. The van der Waals surface area contributed by atoms with Crippen LogP contribution in [0.25, 0.3) is 10.2 Å². The lowest BCUT2D eigenvalue weighted by Crippen LogP contribution is -2.27. The van der Waals surface area contributed by atoms with Gasteiger partial charge in [-0.15, -0.1) is 11.3 Å². The van der Waals surface area contributed by atoms with Crippen LogP contribution in [0.5, 0.6) is 0 Å². The minimum atomic E-state index is -0.516. The number of aryl methyl sites for hydroxylation is 2. The summed E-state index contributed by atoms with van der Waals surface area (Å²) in [6.07, 6.45) is 5.08. The number of primary amides is 1. The summed E-state index contributed by atoms with van der Waals surface area (Å²) in [5.74, 6) is -0.272. The first-order valence-electron chi connectivity index (χ1n) is 11.7. The Morgan fingerprint density at radius 3 is 2.56 bits per heavy atom. The molecule has 2 amide bonds. The standard InChI is InChI=1S/C25H30N4O3S2/c1-14(2)12-13-29-24(32)20-18-6-4-5-7-19(18)34-23(20)28-25(29)33-15(3)22(31)27-17-10-8-16(9-11-17)21(26)30/h8-11,14-15H,4-7,12-13H2,1-3H3,(H2,26,30)(H,27,31). The molecule has 1 aliphatic carbocycles. The minimum Gasteiger partial charge on any atom is -0.366 e. The molecule has 1 aromatic carbocycles. The average Bonchev–Trinajstić information content (AvgIpc) is 3.17. The van der Waals surface area contributed by atoms with Gasteiger partial charge in [0.05, 0.1) is 10.6 Å². The normalized spacial score (nSPS) is 14.2. The number of anilines is 1. The number of aromatic nitrogens is 2. The zero-order chi connectivity index (χ0) is 24.4. The Bertz CT molecular complexity index is 1280. The van der Waals surface area contributed by atoms with E-state index >= 15 is 0 Å². The lowest BCUT2D eigenvalue weighted by Gasteiger charge is -2.17. The lowest BCUT2D eigenvalue weighted by molar-refractivity contribution is -0.115. The van der Waals surface area contributed by atoms with Crippen molar-refractivity contribution in [2.45, 2.75) is 69.8 Å². The molecule has 0 radical (unpaired) electrons. The topological polar surface area (TPSA) is 107 Å². The summed E-state index contributed by atoms with van der Waals surface area (Å²) in [6, 6.07) is 6.45. The largest absolute Gasteiger partial charge is 0.366 e. The van der Waals surface area contributed by atoms with Gasteiger partial charge in [0.1, 0.15) is 4.83 Å². The number of hydrogen-bond acceptors (Lipinski definition) is 6. The molecule has 4 rings (SSSR count). The molecule has 1 atom stereocenters. The van der Waals surface area contributed by atoms with E-state index in [1.807, 2.05) is 0 Å². The Morgan fingerprint density at radius 2 is 1.88 bits per heavy atom. The Morgan fingerprint density at radius 1 is 1.18 bits per heavy atom. The van der Waals surface area contributed by atoms with Gasteiger partial charge in [-0.2, -0.15) is 0 Å². The van der Waals surface area contributed by atoms with Crippen molar-refractivity contribution in [2.24, 2.45) is 11.7 Å². The predicted octanol–water partition coefficient (Wildman–Crippen LogP) is 4.60. The first-order chi connectivity index (χ1) is 16.2. The second kappa shape index (κ2) is 10.3. The van der Waals surface area contributed by atoms with Gasteiger partial charge >= 0.3 is 0 Å². The summed E-state index contributed by atoms with van der Waals surface area (Å²) in [5.41, 5.74) is 7.43. The Labute approximate surface area is 207 Å². The number of benzene rings is 1. The second-order valence-corrected chi connectivity index (χ2v) is 11.5. The number of amides is 2. The van der Waals surface area contributed by atoms with Gasteiger partial charge in [-0.25, -0.2) is 4.98 Å². The third-order valence-corrected chi connectivity index (χ3v) is 8.33. The van der Waals surface area contributed by atoms with Crippen LogP contribution >= 0.6 is 23.1 Å². The van der Waals surface area contributed by atoms with E-state index in [2.05, 4.69) is 19.2 Å². The minimum absolute atomic E-state index is 0.0159. The van der Waals surface area contributed by atoms with Crippen molar-refractivity contribution in [3.8, 4) is 0 Å². The molecule has 0 aliphatic heterocycles. The summed E-state index contributed by atoms with van der Waals surface area (Å²) in [6.45, 7) is 6.65. The number of nitrogens with two attached hydrogens (primary N) is 1. The van der Waals surface area contributed by atoms with Gasteiger partial charge in [-0.1, -0.05) is 25.6 Å². The maximum atomic E-state index is 13.6. The molecule has 3 aromatic rings. The summed E-state index contributed by atoms with van der Waals surface area (Å²) in [7, 11) is 0. The van der Waals surface area contributed by atoms with Gasteiger partial charge in [-0.3, -0.25) is 19.0 Å². The maximum Gasteiger partial charge on any atom is 0.263 e. The molecule has 0 saturated heterocycles. The van der Waals surface area contributed by atoms with Crippen LogP contribution in [0.3, 0.4) is 0 Å². The lowest BCUT2D eigenvalue weighted by atomic mass is 9.97. The Hall–Kier alpha value is -2.65. The molecular formula is C25H30N4O3S2. The van der Waals surface area contributed by atoms with Crippen LogP contribution in [0.1, 0.15) is 60.8 Å². The molecule has 7 nitrogen and oxygen atoms in total. The number of thioether (sulfide) groups is 1. The monoisotopic (exact) mass is 498 g/mol. The fraction of sp³-hybridized carbons (Fsp3) is 0.440. The van der Waals surface area contributed by atoms with Gasteiger partial charge < -0.3 is 11.1 Å². The molecule has 2 aromatic heterocycles. The zero-order valence-corrected chi connectivity index (χ0v) is 21.4. The van der Waals surface area contributed by atoms with E-state index in [-0.39, 0.29) is 11.5 Å². The van der Waals surface area contributed by atoms with Crippen molar-refractivity contribution >= 4 is 50.8 Å². The molecule has 3 N–H and O–H groups in total. The van der Waals surface area contributed by atoms with Crippen LogP contribution in [-0.4, -0.2) is 26.6 Å². The van der Waals surface area contributed by atoms with E-state index in [1.165, 1.54) is 22.2 Å². The highest BCUT2D eigenvalue weighted by molar-refractivity contribution is 8.00. The third kappa shape index (κ3) is 5.20. The highest BCUT2D eigenvalue weighted by Crippen LogP contribution is 2.35. The number of thiophene rings is 1. The number of nitrogens with zero attached hydrogens (tertiary/aromatic N) is 2. The molecule has 9 heteroatoms. The van der Waals surface area contributed by atoms with Crippen LogP contribution in [0.15, 0.2) is 34.2 Å². The molecule has 0 saturated carbocycles. The average molecular weight is 499 g/mol. The fourth-order valence-corrected chi connectivity index (χ4v) is 6.30. The summed E-state index contributed by atoms with van der Waals surface area (Å²) < 4.78 is 1.76. The van der Waals surface area contributed by atoms with Crippen LogP contribution in [0, 0.1) is 5.92 Å². The van der Waals surface area contributed by atoms with Crippen molar-refractivity contribution in [3.63, 3.8) is 0 Å². The quantitative estimate of drug-likeness (QED) is 0.349. The van der Waals surface area contributed by atoms with Crippen molar-refractivity contribution in [1.82, 2.24) is 9.55 Å². The second-order valence-electron chi connectivity index (χ2n) is 9.12. The van der Waals surface area contributed by atoms with Crippen LogP contribution in [0.2, 0.25) is 0 Å². The Balaban J connectivity index is 1.61. The van der Waals surface area contributed by atoms with E-state index in [0.717, 1.165) is 42.3 Å². The van der Waals surface area contributed by atoms with Crippen molar-refractivity contribution in [3.05, 3.63) is 50.6 Å². The first kappa shape index (κ1) is 24.5. The first-order valence-corrected chi connectivity index (χ1v) is 13.4. The molecule has 34 heavy (non-hydrogen) atoms. The number of fused-ring (bicyclic) bond motifs is 3. The van der Waals surface area contributed by atoms with Crippen molar-refractivity contribution < 1.29 is 9.59 Å². The van der Waals surface area contributed by atoms with Gasteiger partial charge in [0, 0.05) is 22.7 Å². The third-order valence-electron chi connectivity index (χ3n) is 6.06. The van der Waals surface area contributed by atoms with E-state index in [0.29, 0.717) is 28.9 Å².